The van der Waals surface area contributed by atoms with Crippen molar-refractivity contribution in [2.75, 3.05) is 46.8 Å². The van der Waals surface area contributed by atoms with Crippen molar-refractivity contribution in [1.29, 1.82) is 0 Å². The molecule has 8 nitrogen and oxygen atoms in total. The summed E-state index contributed by atoms with van der Waals surface area (Å²) in [4.78, 5) is 23.9. The smallest absolute Gasteiger partial charge is 0.344 e. The van der Waals surface area contributed by atoms with Crippen molar-refractivity contribution < 1.29 is 32.7 Å². The first kappa shape index (κ1) is 19.1. The first-order chi connectivity index (χ1) is 9.40. The Morgan fingerprint density at radius 3 is 1.65 bits per heavy atom. The molecule has 9 heteroatoms. The van der Waals surface area contributed by atoms with Crippen LogP contribution in [0.3, 0.4) is 0 Å². The Morgan fingerprint density at radius 2 is 1.35 bits per heavy atom. The van der Waals surface area contributed by atoms with E-state index in [1.54, 1.807) is 13.8 Å². The largest absolute Gasteiger partial charge is 0.468 e. The van der Waals surface area contributed by atoms with Crippen molar-refractivity contribution in [3.63, 3.8) is 0 Å². The average molecular weight is 311 g/mol. The van der Waals surface area contributed by atoms with Crippen molar-refractivity contribution in [3.05, 3.63) is 0 Å². The number of carbonyl (C=O) groups is 2. The predicted octanol–water partition coefficient (Wildman–Crippen LogP) is 0.858. The van der Waals surface area contributed by atoms with Crippen LogP contribution in [0.5, 0.6) is 0 Å². The monoisotopic (exact) mass is 311 g/mol. The molecule has 118 valence electrons. The zero-order chi connectivity index (χ0) is 15.6. The molecule has 0 aromatic rings. The first-order valence-corrected chi connectivity index (χ1v) is 7.87. The summed E-state index contributed by atoms with van der Waals surface area (Å²) < 4.78 is 31.7. The topological polar surface area (TPSA) is 91.4 Å². The third kappa shape index (κ3) is 7.59. The Balaban J connectivity index is 4.85. The second-order valence-electron chi connectivity index (χ2n) is 3.73. The van der Waals surface area contributed by atoms with E-state index in [0.29, 0.717) is 0 Å². The molecule has 0 bridgehead atoms. The predicted molar refractivity (Wildman–Crippen MR) is 71.3 cm³/mol. The third-order valence-corrected chi connectivity index (χ3v) is 4.24. The van der Waals surface area contributed by atoms with Gasteiger partial charge in [0, 0.05) is 0 Å². The molecule has 0 atom stereocenters. The van der Waals surface area contributed by atoms with Gasteiger partial charge in [-0.2, -0.15) is 0 Å². The van der Waals surface area contributed by atoms with E-state index in [1.807, 2.05) is 0 Å². The second-order valence-corrected chi connectivity index (χ2v) is 5.75. The van der Waals surface area contributed by atoms with Crippen LogP contribution in [0.15, 0.2) is 0 Å². The van der Waals surface area contributed by atoms with Gasteiger partial charge in [0.2, 0.25) is 0 Å². The van der Waals surface area contributed by atoms with Crippen molar-refractivity contribution in [2.45, 2.75) is 13.8 Å². The fourth-order valence-corrected chi connectivity index (χ4v) is 3.12. The molecular formula is C11H22NO7P. The molecule has 0 spiro atoms. The molecule has 20 heavy (non-hydrogen) atoms. The number of methoxy groups -OCH3 is 2. The Labute approximate surface area is 118 Å². The highest BCUT2D eigenvalue weighted by Crippen LogP contribution is 2.48. The Morgan fingerprint density at radius 1 is 0.950 bits per heavy atom. The minimum Gasteiger partial charge on any atom is -0.468 e. The fraction of sp³-hybridized carbons (Fsp3) is 0.818. The Hall–Kier alpha value is -0.950. The van der Waals surface area contributed by atoms with Gasteiger partial charge in [0.15, 0.2) is 0 Å². The normalized spacial score (nSPS) is 11.4. The van der Waals surface area contributed by atoms with E-state index in [1.165, 1.54) is 19.1 Å². The maximum absolute atomic E-state index is 12.4. The number of rotatable bonds is 10. The molecule has 0 aliphatic rings. The molecule has 0 heterocycles. The second kappa shape index (κ2) is 9.88. The van der Waals surface area contributed by atoms with Gasteiger partial charge < -0.3 is 18.5 Å². The molecule has 0 aliphatic carbocycles. The van der Waals surface area contributed by atoms with Crippen molar-refractivity contribution in [2.24, 2.45) is 0 Å². The molecule has 0 radical (unpaired) electrons. The molecule has 0 fully saturated rings. The number of carbonyl (C=O) groups excluding carboxylic acids is 2. The summed E-state index contributed by atoms with van der Waals surface area (Å²) in [5.74, 6) is -1.12. The summed E-state index contributed by atoms with van der Waals surface area (Å²) in [6, 6.07) is 0. The van der Waals surface area contributed by atoms with Gasteiger partial charge in [-0.1, -0.05) is 0 Å². The van der Waals surface area contributed by atoms with E-state index in [-0.39, 0.29) is 32.6 Å². The van der Waals surface area contributed by atoms with Crippen LogP contribution in [0, 0.1) is 0 Å². The summed E-state index contributed by atoms with van der Waals surface area (Å²) in [5, 5.41) is 0. The number of nitrogens with zero attached hydrogens (tertiary/aromatic N) is 1. The van der Waals surface area contributed by atoms with Crippen LogP contribution in [0.25, 0.3) is 0 Å². The maximum Gasteiger partial charge on any atom is 0.344 e. The molecule has 0 aliphatic heterocycles. The summed E-state index contributed by atoms with van der Waals surface area (Å²) in [7, 11) is -0.947. The van der Waals surface area contributed by atoms with Gasteiger partial charge in [-0.25, -0.2) is 0 Å². The maximum atomic E-state index is 12.4. The van der Waals surface area contributed by atoms with Gasteiger partial charge in [0.1, 0.15) is 6.29 Å². The van der Waals surface area contributed by atoms with Crippen molar-refractivity contribution >= 4 is 19.5 Å². The molecule has 0 N–H and O–H groups in total. The fourth-order valence-electron chi connectivity index (χ4n) is 1.41. The molecule has 0 saturated heterocycles. The van der Waals surface area contributed by atoms with Crippen LogP contribution in [-0.2, 0) is 32.7 Å². The van der Waals surface area contributed by atoms with E-state index in [0.717, 1.165) is 0 Å². The minimum atomic E-state index is -3.40. The van der Waals surface area contributed by atoms with Gasteiger partial charge in [0.05, 0.1) is 40.5 Å². The lowest BCUT2D eigenvalue weighted by atomic mass is 10.5. The van der Waals surface area contributed by atoms with Crippen LogP contribution in [0.4, 0.5) is 0 Å². The summed E-state index contributed by atoms with van der Waals surface area (Å²) in [6.07, 6.45) is -0.196. The van der Waals surface area contributed by atoms with Crippen LogP contribution in [-0.4, -0.2) is 63.6 Å². The van der Waals surface area contributed by atoms with Gasteiger partial charge in [-0.15, -0.1) is 0 Å². The standard InChI is InChI=1S/C11H22NO7P/c1-5-18-20(15,19-6-2)9-12(7-10(13)16-3)8-11(14)17-4/h5-9H2,1-4H3. The third-order valence-electron chi connectivity index (χ3n) is 2.19. The zero-order valence-electron chi connectivity index (χ0n) is 12.3. The van der Waals surface area contributed by atoms with Crippen LogP contribution < -0.4 is 0 Å². The summed E-state index contributed by atoms with van der Waals surface area (Å²) in [6.45, 7) is 3.32. The lowest BCUT2D eigenvalue weighted by Gasteiger charge is -2.24. The molecular weight excluding hydrogens is 289 g/mol. The van der Waals surface area contributed by atoms with E-state index < -0.39 is 19.5 Å². The number of esters is 2. The summed E-state index contributed by atoms with van der Waals surface area (Å²) in [5.41, 5.74) is 0. The van der Waals surface area contributed by atoms with Crippen LogP contribution in [0.1, 0.15) is 13.8 Å². The quantitative estimate of drug-likeness (QED) is 0.433. The van der Waals surface area contributed by atoms with Gasteiger partial charge in [0.25, 0.3) is 0 Å². The van der Waals surface area contributed by atoms with E-state index >= 15 is 0 Å². The Kier molecular flexibility index (Phi) is 9.41. The summed E-state index contributed by atoms with van der Waals surface area (Å²) >= 11 is 0. The van der Waals surface area contributed by atoms with E-state index in [9.17, 15) is 14.2 Å². The number of ether oxygens (including phenoxy) is 2. The SMILES string of the molecule is CCOP(=O)(CN(CC(=O)OC)CC(=O)OC)OCC. The molecule has 0 rings (SSSR count). The van der Waals surface area contributed by atoms with Crippen LogP contribution in [0.2, 0.25) is 0 Å². The van der Waals surface area contributed by atoms with Gasteiger partial charge in [-0.3, -0.25) is 19.1 Å². The zero-order valence-corrected chi connectivity index (χ0v) is 13.2. The highest BCUT2D eigenvalue weighted by molar-refractivity contribution is 7.53. The number of hydrogen-bond acceptors (Lipinski definition) is 8. The van der Waals surface area contributed by atoms with E-state index in [2.05, 4.69) is 9.47 Å². The molecule has 0 aromatic heterocycles. The Bertz CT molecular complexity index is 333. The molecule has 0 saturated carbocycles. The lowest BCUT2D eigenvalue weighted by molar-refractivity contribution is -0.145. The van der Waals surface area contributed by atoms with Crippen molar-refractivity contribution in [3.8, 4) is 0 Å². The molecule has 0 amide bonds. The van der Waals surface area contributed by atoms with Gasteiger partial charge in [-0.05, 0) is 13.8 Å². The number of hydrogen-bond donors (Lipinski definition) is 0. The van der Waals surface area contributed by atoms with Crippen molar-refractivity contribution in [1.82, 2.24) is 4.90 Å². The van der Waals surface area contributed by atoms with E-state index in [4.69, 9.17) is 9.05 Å². The van der Waals surface area contributed by atoms with Crippen LogP contribution >= 0.6 is 7.60 Å². The highest BCUT2D eigenvalue weighted by Gasteiger charge is 2.29. The first-order valence-electron chi connectivity index (χ1n) is 6.14. The molecule has 0 aromatic carbocycles. The highest BCUT2D eigenvalue weighted by atomic mass is 31.2. The molecule has 0 unspecified atom stereocenters. The average Bonchev–Trinajstić information content (AvgIpc) is 2.38. The van der Waals surface area contributed by atoms with Gasteiger partial charge >= 0.3 is 19.5 Å². The lowest BCUT2D eigenvalue weighted by Crippen LogP contribution is -2.36. The minimum absolute atomic E-state index is 0.196.